The van der Waals surface area contributed by atoms with Crippen LogP contribution in [0.1, 0.15) is 55.4 Å². The Bertz CT molecular complexity index is 255. The minimum Gasteiger partial charge on any atom is -0.374 e. The molecule has 2 atom stereocenters. The normalized spacial score (nSPS) is 15.5. The molecular weight excluding hydrogens is 344 g/mol. The first kappa shape index (κ1) is 24.2. The standard InChI is InChI=1S/C16H38O6Si2/c1-9-17-23(18-10-2,19-11-3)15(7)16(8)24(20-12-4,21-13-5)22-14-6/h15-16H,9-14H2,1-8H3. The summed E-state index contributed by atoms with van der Waals surface area (Å²) < 4.78 is 36.4. The molecule has 0 rings (SSSR count). The minimum absolute atomic E-state index is 0.00802. The predicted octanol–water partition coefficient (Wildman–Crippen LogP) is 3.86. The molecule has 146 valence electrons. The molecule has 0 N–H and O–H groups in total. The lowest BCUT2D eigenvalue weighted by Gasteiger charge is -2.41. The van der Waals surface area contributed by atoms with Crippen LogP contribution in [0.15, 0.2) is 0 Å². The van der Waals surface area contributed by atoms with Crippen molar-refractivity contribution in [2.75, 3.05) is 39.6 Å². The molecule has 24 heavy (non-hydrogen) atoms. The second-order valence-corrected chi connectivity index (χ2v) is 11.4. The second kappa shape index (κ2) is 12.5. The van der Waals surface area contributed by atoms with Gasteiger partial charge in [-0.3, -0.25) is 0 Å². The molecule has 0 aliphatic rings. The third-order valence-corrected chi connectivity index (χ3v) is 11.6. The second-order valence-electron chi connectivity index (χ2n) is 5.38. The fraction of sp³-hybridized carbons (Fsp3) is 1.00. The van der Waals surface area contributed by atoms with Crippen molar-refractivity contribution < 1.29 is 26.6 Å². The van der Waals surface area contributed by atoms with Crippen molar-refractivity contribution in [1.29, 1.82) is 0 Å². The lowest BCUT2D eigenvalue weighted by molar-refractivity contribution is 0.0414. The van der Waals surface area contributed by atoms with Gasteiger partial charge < -0.3 is 26.6 Å². The molecule has 0 aromatic rings. The summed E-state index contributed by atoms with van der Waals surface area (Å²) in [7, 11) is -5.73. The number of hydrogen-bond acceptors (Lipinski definition) is 6. The minimum atomic E-state index is -2.86. The molecule has 0 saturated heterocycles. The first-order valence-corrected chi connectivity index (χ1v) is 12.9. The summed E-state index contributed by atoms with van der Waals surface area (Å²) in [4.78, 5) is 0. The van der Waals surface area contributed by atoms with E-state index >= 15 is 0 Å². The van der Waals surface area contributed by atoms with Crippen LogP contribution in [0.5, 0.6) is 0 Å². The molecule has 0 aliphatic carbocycles. The van der Waals surface area contributed by atoms with Crippen LogP contribution < -0.4 is 0 Å². The summed E-state index contributed by atoms with van der Waals surface area (Å²) in [5.74, 6) is 0. The van der Waals surface area contributed by atoms with Crippen LogP contribution in [0, 0.1) is 0 Å². The van der Waals surface area contributed by atoms with E-state index in [0.29, 0.717) is 39.6 Å². The summed E-state index contributed by atoms with van der Waals surface area (Å²) in [6.45, 7) is 19.3. The van der Waals surface area contributed by atoms with Gasteiger partial charge in [0.2, 0.25) is 0 Å². The van der Waals surface area contributed by atoms with Crippen molar-refractivity contribution in [3.63, 3.8) is 0 Å². The Balaban J connectivity index is 5.70. The zero-order valence-electron chi connectivity index (χ0n) is 16.8. The van der Waals surface area contributed by atoms with Crippen LogP contribution >= 0.6 is 0 Å². The largest absolute Gasteiger partial charge is 0.504 e. The van der Waals surface area contributed by atoms with Gasteiger partial charge in [-0.15, -0.1) is 0 Å². The van der Waals surface area contributed by atoms with Crippen LogP contribution in [0.25, 0.3) is 0 Å². The molecule has 0 amide bonds. The summed E-state index contributed by atoms with van der Waals surface area (Å²) in [6.07, 6.45) is 0. The van der Waals surface area contributed by atoms with Crippen molar-refractivity contribution >= 4 is 17.6 Å². The van der Waals surface area contributed by atoms with E-state index < -0.39 is 17.6 Å². The molecular formula is C16H38O6Si2. The van der Waals surface area contributed by atoms with E-state index in [2.05, 4.69) is 13.8 Å². The van der Waals surface area contributed by atoms with Gasteiger partial charge >= 0.3 is 17.6 Å². The summed E-state index contributed by atoms with van der Waals surface area (Å²) >= 11 is 0. The molecule has 0 spiro atoms. The van der Waals surface area contributed by atoms with E-state index in [0.717, 1.165) is 0 Å². The van der Waals surface area contributed by atoms with Crippen LogP contribution in [0.3, 0.4) is 0 Å². The Morgan fingerprint density at radius 2 is 0.625 bits per heavy atom. The smallest absolute Gasteiger partial charge is 0.374 e. The van der Waals surface area contributed by atoms with Crippen molar-refractivity contribution in [1.82, 2.24) is 0 Å². The third-order valence-electron chi connectivity index (χ3n) is 3.94. The van der Waals surface area contributed by atoms with E-state index in [1.54, 1.807) is 0 Å². The highest BCUT2D eigenvalue weighted by molar-refractivity contribution is 6.69. The zero-order valence-corrected chi connectivity index (χ0v) is 18.8. The van der Waals surface area contributed by atoms with Gasteiger partial charge in [-0.2, -0.15) is 0 Å². The van der Waals surface area contributed by atoms with Crippen molar-refractivity contribution in [3.05, 3.63) is 0 Å². The third kappa shape index (κ3) is 6.17. The lowest BCUT2D eigenvalue weighted by atomic mass is 10.4. The maximum Gasteiger partial charge on any atom is 0.504 e. The molecule has 0 saturated carbocycles. The van der Waals surface area contributed by atoms with Crippen molar-refractivity contribution in [3.8, 4) is 0 Å². The Hall–Kier alpha value is 0.194. The molecule has 0 radical (unpaired) electrons. The maximum absolute atomic E-state index is 6.07. The van der Waals surface area contributed by atoms with Crippen LogP contribution in [-0.2, 0) is 26.6 Å². The highest BCUT2D eigenvalue weighted by Gasteiger charge is 2.58. The molecule has 0 bridgehead atoms. The van der Waals surface area contributed by atoms with E-state index in [4.69, 9.17) is 26.6 Å². The SMILES string of the molecule is CCO[Si](OCC)(OCC)C(C)C(C)[Si](OCC)(OCC)OCC. The predicted molar refractivity (Wildman–Crippen MR) is 100 cm³/mol. The van der Waals surface area contributed by atoms with Gasteiger partial charge in [0.15, 0.2) is 0 Å². The lowest BCUT2D eigenvalue weighted by Crippen LogP contribution is -2.57. The number of rotatable bonds is 15. The zero-order chi connectivity index (χ0) is 18.6. The van der Waals surface area contributed by atoms with E-state index in [-0.39, 0.29) is 11.1 Å². The van der Waals surface area contributed by atoms with Gasteiger partial charge in [0, 0.05) is 50.7 Å². The Morgan fingerprint density at radius 1 is 0.458 bits per heavy atom. The van der Waals surface area contributed by atoms with Crippen molar-refractivity contribution in [2.45, 2.75) is 66.5 Å². The Morgan fingerprint density at radius 3 is 0.750 bits per heavy atom. The first-order valence-electron chi connectivity index (χ1n) is 9.26. The molecule has 6 nitrogen and oxygen atoms in total. The fourth-order valence-corrected chi connectivity index (χ4v) is 9.80. The monoisotopic (exact) mass is 382 g/mol. The molecule has 8 heteroatoms. The molecule has 0 aromatic heterocycles. The van der Waals surface area contributed by atoms with Crippen LogP contribution in [0.4, 0.5) is 0 Å². The quantitative estimate of drug-likeness (QED) is 0.401. The highest BCUT2D eigenvalue weighted by Crippen LogP contribution is 2.43. The van der Waals surface area contributed by atoms with Crippen molar-refractivity contribution in [2.24, 2.45) is 0 Å². The highest BCUT2D eigenvalue weighted by atomic mass is 28.4. The maximum atomic E-state index is 6.07. The molecule has 0 aromatic carbocycles. The topological polar surface area (TPSA) is 55.4 Å². The summed E-state index contributed by atoms with van der Waals surface area (Å²) in [6, 6.07) is 0. The molecule has 0 aliphatic heterocycles. The van der Waals surface area contributed by atoms with E-state index in [1.807, 2.05) is 41.5 Å². The molecule has 0 fully saturated rings. The number of hydrogen-bond donors (Lipinski definition) is 0. The van der Waals surface area contributed by atoms with Gasteiger partial charge in [0.05, 0.1) is 0 Å². The first-order chi connectivity index (χ1) is 11.4. The molecule has 2 unspecified atom stereocenters. The van der Waals surface area contributed by atoms with Gasteiger partial charge in [-0.25, -0.2) is 0 Å². The van der Waals surface area contributed by atoms with Crippen LogP contribution in [-0.4, -0.2) is 57.3 Å². The van der Waals surface area contributed by atoms with Crippen LogP contribution in [0.2, 0.25) is 11.1 Å². The van der Waals surface area contributed by atoms with E-state index in [9.17, 15) is 0 Å². The average molecular weight is 383 g/mol. The van der Waals surface area contributed by atoms with E-state index in [1.165, 1.54) is 0 Å². The van der Waals surface area contributed by atoms with Gasteiger partial charge in [0.25, 0.3) is 0 Å². The average Bonchev–Trinajstić information content (AvgIpc) is 2.54. The van der Waals surface area contributed by atoms with Gasteiger partial charge in [0.1, 0.15) is 0 Å². The molecule has 0 heterocycles. The Labute approximate surface area is 150 Å². The summed E-state index contributed by atoms with van der Waals surface area (Å²) in [5.41, 5.74) is 0.0160. The van der Waals surface area contributed by atoms with Gasteiger partial charge in [-0.1, -0.05) is 13.8 Å². The Kier molecular flexibility index (Phi) is 12.6. The van der Waals surface area contributed by atoms with Gasteiger partial charge in [-0.05, 0) is 41.5 Å². The summed E-state index contributed by atoms with van der Waals surface area (Å²) in [5, 5.41) is 0. The fourth-order valence-electron chi connectivity index (χ4n) is 2.86.